The molecule has 11 rings (SSSR count). The number of hydrogen-bond acceptors (Lipinski definition) is 10. The molecule has 0 saturated carbocycles. The molecule has 2 aliphatic carbocycles. The first kappa shape index (κ1) is 50.5. The number of carbonyl (C=O) groups excluding carboxylic acids is 3. The Labute approximate surface area is 438 Å². The third-order valence-corrected chi connectivity index (χ3v) is 15.2. The standard InChI is InChI=1S/C31H33N3O4.C31H31N3O3/c1-20-13-15-22(16-14-20)18-21(2)29(32)33-38-30(35)28-12-7-17-34(28)31(36)37-19-27-25-10-5-3-8-23(25)24-9-4-6-11-26(24)27;1-20-13-15-22(16-14-20)18-21(2)29-32-30(37-33-29)28-12-7-17-34(28)31(35)36-19-27-25-10-5-3-8-23(25)24-9-4-6-11-26(24)27/h3-6,8-11,13-16,21,27-28H,7,12,17-19H2,1-2H3,(H2,32,33);3-6,8-11,13-16,21,27-28H,7,12,17-19H2,1-2H3/t2*21-,28-/m00/s1. The van der Waals surface area contributed by atoms with Crippen LogP contribution in [0, 0.1) is 19.8 Å². The van der Waals surface area contributed by atoms with E-state index in [0.717, 1.165) is 36.0 Å². The van der Waals surface area contributed by atoms with E-state index in [1.807, 2.05) is 62.4 Å². The number of rotatable bonds is 13. The zero-order chi connectivity index (χ0) is 52.0. The number of ether oxygens (including phenoxy) is 2. The van der Waals surface area contributed by atoms with Gasteiger partial charge in [0.1, 0.15) is 31.1 Å². The first-order valence-corrected chi connectivity index (χ1v) is 26.2. The fraction of sp³-hybridized carbons (Fsp3) is 0.323. The summed E-state index contributed by atoms with van der Waals surface area (Å²) in [5.74, 6) is 0.823. The van der Waals surface area contributed by atoms with Crippen LogP contribution in [0.1, 0.15) is 120 Å². The van der Waals surface area contributed by atoms with Gasteiger partial charge < -0.3 is 24.6 Å². The number of oxime groups is 1. The van der Waals surface area contributed by atoms with Crippen molar-refractivity contribution in [1.29, 1.82) is 0 Å². The number of aromatic nitrogens is 2. The molecule has 2 aliphatic heterocycles. The summed E-state index contributed by atoms with van der Waals surface area (Å²) in [7, 11) is 0. The monoisotopic (exact) mass is 1000 g/mol. The van der Waals surface area contributed by atoms with Crippen molar-refractivity contribution in [2.24, 2.45) is 16.8 Å². The fourth-order valence-electron chi connectivity index (χ4n) is 11.0. The number of amidine groups is 1. The van der Waals surface area contributed by atoms with Crippen LogP contribution >= 0.6 is 0 Å². The van der Waals surface area contributed by atoms with E-state index in [1.54, 1.807) is 4.90 Å². The van der Waals surface area contributed by atoms with Crippen LogP contribution in [0.2, 0.25) is 0 Å². The molecule has 2 saturated heterocycles. The maximum Gasteiger partial charge on any atom is 0.410 e. The van der Waals surface area contributed by atoms with Gasteiger partial charge in [-0.25, -0.2) is 14.4 Å². The lowest BCUT2D eigenvalue weighted by Crippen LogP contribution is -2.42. The molecule has 0 spiro atoms. The second kappa shape index (κ2) is 22.6. The Kier molecular flexibility index (Phi) is 15.2. The highest BCUT2D eigenvalue weighted by molar-refractivity contribution is 5.86. The molecule has 3 heterocycles. The van der Waals surface area contributed by atoms with E-state index in [9.17, 15) is 14.4 Å². The quantitative estimate of drug-likeness (QED) is 0.0509. The van der Waals surface area contributed by atoms with Crippen LogP contribution in [-0.2, 0) is 31.9 Å². The van der Waals surface area contributed by atoms with Crippen LogP contribution in [-0.4, -0.2) is 76.3 Å². The molecule has 2 amide bonds. The normalized spacial score (nSPS) is 17.5. The van der Waals surface area contributed by atoms with Crippen LogP contribution in [0.5, 0.6) is 0 Å². The molecule has 75 heavy (non-hydrogen) atoms. The number of nitrogens with zero attached hydrogens (tertiary/aromatic N) is 5. The van der Waals surface area contributed by atoms with E-state index in [4.69, 9.17) is 29.6 Å². The Balaban J connectivity index is 0.000000171. The summed E-state index contributed by atoms with van der Waals surface area (Å²) in [5.41, 5.74) is 20.4. The maximum absolute atomic E-state index is 13.2. The Morgan fingerprint density at radius 2 is 1.08 bits per heavy atom. The van der Waals surface area contributed by atoms with Gasteiger partial charge in [-0.2, -0.15) is 4.98 Å². The molecule has 2 N–H and O–H groups in total. The molecule has 0 bridgehead atoms. The second-order valence-electron chi connectivity index (χ2n) is 20.4. The predicted molar refractivity (Wildman–Crippen MR) is 288 cm³/mol. The van der Waals surface area contributed by atoms with Crippen LogP contribution in [0.15, 0.2) is 155 Å². The van der Waals surface area contributed by atoms with Crippen LogP contribution in [0.4, 0.5) is 9.59 Å². The molecule has 0 radical (unpaired) electrons. The fourth-order valence-corrected chi connectivity index (χ4v) is 11.0. The highest BCUT2D eigenvalue weighted by Crippen LogP contribution is 2.46. The Morgan fingerprint density at radius 1 is 0.627 bits per heavy atom. The number of likely N-dealkylation sites (tertiary alicyclic amines) is 2. The third-order valence-electron chi connectivity index (χ3n) is 15.2. The molecule has 6 aromatic carbocycles. The van der Waals surface area contributed by atoms with Gasteiger partial charge in [0.2, 0.25) is 5.89 Å². The van der Waals surface area contributed by atoms with Crippen molar-refractivity contribution in [3.63, 3.8) is 0 Å². The largest absolute Gasteiger partial charge is 0.448 e. The number of hydrogen-bond donors (Lipinski definition) is 1. The van der Waals surface area contributed by atoms with Crippen LogP contribution < -0.4 is 5.73 Å². The number of fused-ring (bicyclic) bond motifs is 6. The molecule has 4 aliphatic rings. The zero-order valence-corrected chi connectivity index (χ0v) is 43.1. The minimum atomic E-state index is -0.741. The van der Waals surface area contributed by atoms with E-state index >= 15 is 0 Å². The molecular formula is C62H64N6O7. The molecule has 13 nitrogen and oxygen atoms in total. The van der Waals surface area contributed by atoms with Crippen molar-refractivity contribution < 1.29 is 33.2 Å². The summed E-state index contributed by atoms with van der Waals surface area (Å²) < 4.78 is 17.3. The molecule has 7 aromatic rings. The summed E-state index contributed by atoms with van der Waals surface area (Å²) in [4.78, 5) is 52.2. The van der Waals surface area contributed by atoms with Gasteiger partial charge in [-0.3, -0.25) is 9.80 Å². The van der Waals surface area contributed by atoms with E-state index in [2.05, 4.69) is 121 Å². The summed E-state index contributed by atoms with van der Waals surface area (Å²) >= 11 is 0. The Hall–Kier alpha value is -8.06. The van der Waals surface area contributed by atoms with E-state index in [1.165, 1.54) is 55.0 Å². The van der Waals surface area contributed by atoms with Crippen molar-refractivity contribution in [3.05, 3.63) is 202 Å². The van der Waals surface area contributed by atoms with Gasteiger partial charge in [-0.1, -0.05) is 181 Å². The van der Waals surface area contributed by atoms with Crippen molar-refractivity contribution in [2.75, 3.05) is 26.3 Å². The highest BCUT2D eigenvalue weighted by Gasteiger charge is 2.39. The summed E-state index contributed by atoms with van der Waals surface area (Å²) in [5, 5.41) is 8.16. The van der Waals surface area contributed by atoms with Gasteiger partial charge in [0.25, 0.3) is 0 Å². The molecule has 13 heteroatoms. The number of amides is 2. The number of aryl methyl sites for hydroxylation is 2. The average Bonchev–Trinajstić information content (AvgIpc) is 4.32. The van der Waals surface area contributed by atoms with Gasteiger partial charge in [-0.05, 0) is 108 Å². The molecular weight excluding hydrogens is 941 g/mol. The van der Waals surface area contributed by atoms with Crippen molar-refractivity contribution in [1.82, 2.24) is 19.9 Å². The second-order valence-corrected chi connectivity index (χ2v) is 20.4. The minimum absolute atomic E-state index is 0.0371. The SMILES string of the molecule is Cc1ccc(C[C@H](C)/C(N)=N/OC(=O)[C@@H]2CCCN2C(=O)OCC2c3ccccc3-c3ccccc32)cc1.Cc1ccc(C[C@H](C)c2noc([C@@H]3CCCN3C(=O)OCC3c4ccccc4-c4ccccc43)n2)cc1. The zero-order valence-electron chi connectivity index (χ0n) is 43.1. The third kappa shape index (κ3) is 11.1. The van der Waals surface area contributed by atoms with Gasteiger partial charge in [-0.15, -0.1) is 0 Å². The average molecular weight is 1010 g/mol. The van der Waals surface area contributed by atoms with Gasteiger partial charge in [0, 0.05) is 36.8 Å². The first-order chi connectivity index (χ1) is 36.5. The lowest BCUT2D eigenvalue weighted by molar-refractivity contribution is -0.148. The van der Waals surface area contributed by atoms with E-state index in [0.29, 0.717) is 50.7 Å². The molecule has 1 aromatic heterocycles. The first-order valence-electron chi connectivity index (χ1n) is 26.2. The lowest BCUT2D eigenvalue weighted by Gasteiger charge is -2.23. The lowest BCUT2D eigenvalue weighted by atomic mass is 9.98. The van der Waals surface area contributed by atoms with E-state index in [-0.39, 0.29) is 48.2 Å². The summed E-state index contributed by atoms with van der Waals surface area (Å²) in [6.07, 6.45) is 3.53. The summed E-state index contributed by atoms with van der Waals surface area (Å²) in [6.45, 7) is 9.72. The summed E-state index contributed by atoms with van der Waals surface area (Å²) in [6, 6.07) is 48.8. The van der Waals surface area contributed by atoms with Crippen molar-refractivity contribution in [2.45, 2.75) is 96.1 Å². The smallest absolute Gasteiger partial charge is 0.410 e. The van der Waals surface area contributed by atoms with Crippen LogP contribution in [0.3, 0.4) is 0 Å². The Morgan fingerprint density at radius 3 is 1.60 bits per heavy atom. The molecule has 4 atom stereocenters. The van der Waals surface area contributed by atoms with Crippen molar-refractivity contribution in [3.8, 4) is 22.3 Å². The Bertz CT molecular complexity index is 3100. The minimum Gasteiger partial charge on any atom is -0.448 e. The molecule has 384 valence electrons. The van der Waals surface area contributed by atoms with Crippen molar-refractivity contribution >= 4 is 24.0 Å². The van der Waals surface area contributed by atoms with Gasteiger partial charge in [0.05, 0.1) is 0 Å². The number of nitrogens with two attached hydrogens (primary N) is 1. The van der Waals surface area contributed by atoms with Gasteiger partial charge in [0.15, 0.2) is 5.82 Å². The predicted octanol–water partition coefficient (Wildman–Crippen LogP) is 12.2. The van der Waals surface area contributed by atoms with E-state index < -0.39 is 18.1 Å². The van der Waals surface area contributed by atoms with Gasteiger partial charge >= 0.3 is 18.2 Å². The maximum atomic E-state index is 13.2. The number of carbonyl (C=O) groups is 3. The van der Waals surface area contributed by atoms with Crippen LogP contribution in [0.25, 0.3) is 22.3 Å². The molecule has 0 unspecified atom stereocenters. The topological polar surface area (TPSA) is 163 Å². The molecule has 2 fully saturated rings. The highest BCUT2D eigenvalue weighted by atomic mass is 16.7. The number of benzene rings is 6.